The summed E-state index contributed by atoms with van der Waals surface area (Å²) in [6.45, 7) is 1.73. The molecule has 0 bridgehead atoms. The molecule has 0 fully saturated rings. The summed E-state index contributed by atoms with van der Waals surface area (Å²) in [5, 5.41) is 5.58. The monoisotopic (exact) mass is 367 g/mol. The largest absolute Gasteiger partial charge is 0.295 e. The van der Waals surface area contributed by atoms with E-state index in [0.29, 0.717) is 16.1 Å². The van der Waals surface area contributed by atoms with Crippen LogP contribution < -0.4 is 5.56 Å². The van der Waals surface area contributed by atoms with Crippen molar-refractivity contribution in [3.63, 3.8) is 0 Å². The maximum Gasteiger partial charge on any atom is 0.295 e. The Morgan fingerprint density at radius 1 is 1.08 bits per heavy atom. The lowest BCUT2D eigenvalue weighted by Gasteiger charge is -2.33. The highest BCUT2D eigenvalue weighted by atomic mass is 32.2. The van der Waals surface area contributed by atoms with Crippen LogP contribution in [0.15, 0.2) is 75.5 Å². The van der Waals surface area contributed by atoms with Crippen molar-refractivity contribution in [1.29, 1.82) is 0 Å². The van der Waals surface area contributed by atoms with Crippen LogP contribution in [-0.2, 0) is 0 Å². The molecule has 0 unspecified atom stereocenters. The van der Waals surface area contributed by atoms with Crippen molar-refractivity contribution < 1.29 is 0 Å². The summed E-state index contributed by atoms with van der Waals surface area (Å²) in [6, 6.07) is 20.8. The molecule has 1 aliphatic rings. The summed E-state index contributed by atoms with van der Waals surface area (Å²) in [6.07, 6.45) is 0. The highest BCUT2D eigenvalue weighted by Crippen LogP contribution is 2.41. The van der Waals surface area contributed by atoms with E-state index in [-0.39, 0.29) is 11.6 Å². The molecule has 2 atom stereocenters. The van der Waals surface area contributed by atoms with E-state index in [4.69, 9.17) is 0 Å². The molecule has 4 rings (SSSR count). The molecule has 0 radical (unpaired) electrons. The zero-order chi connectivity index (χ0) is 17.2. The molecule has 0 amide bonds. The van der Waals surface area contributed by atoms with Crippen LogP contribution in [-0.4, -0.2) is 25.8 Å². The Balaban J connectivity index is 1.79. The van der Waals surface area contributed by atoms with Gasteiger partial charge in [0.2, 0.25) is 0 Å². The van der Waals surface area contributed by atoms with E-state index in [2.05, 4.69) is 46.5 Å². The standard InChI is InChI=1S/C19H17N3OS2/c1-13-18(23)20-19-22(21-13)17(14-8-4-2-5-9-14)16(12-24-19)25-15-10-6-3-7-11-15/h2-11,16-17H,12H2,1H3/t16-,17-/m0/s1. The molecule has 25 heavy (non-hydrogen) atoms. The van der Waals surface area contributed by atoms with Gasteiger partial charge in [-0.3, -0.25) is 4.79 Å². The number of aromatic nitrogens is 3. The first-order valence-electron chi connectivity index (χ1n) is 8.09. The van der Waals surface area contributed by atoms with Gasteiger partial charge in [-0.1, -0.05) is 60.3 Å². The molecule has 1 aromatic heterocycles. The predicted molar refractivity (Wildman–Crippen MR) is 102 cm³/mol. The topological polar surface area (TPSA) is 47.8 Å². The summed E-state index contributed by atoms with van der Waals surface area (Å²) < 4.78 is 1.93. The van der Waals surface area contributed by atoms with Crippen molar-refractivity contribution >= 4 is 23.5 Å². The average molecular weight is 367 g/mol. The molecule has 6 heteroatoms. The van der Waals surface area contributed by atoms with Gasteiger partial charge in [0, 0.05) is 15.9 Å². The van der Waals surface area contributed by atoms with Gasteiger partial charge in [0.1, 0.15) is 5.69 Å². The molecule has 1 aliphatic heterocycles. The Morgan fingerprint density at radius 2 is 1.76 bits per heavy atom. The van der Waals surface area contributed by atoms with Crippen molar-refractivity contribution in [1.82, 2.24) is 14.8 Å². The highest BCUT2D eigenvalue weighted by molar-refractivity contribution is 8.03. The van der Waals surface area contributed by atoms with Gasteiger partial charge >= 0.3 is 0 Å². The van der Waals surface area contributed by atoms with Crippen LogP contribution in [0.2, 0.25) is 0 Å². The zero-order valence-corrected chi connectivity index (χ0v) is 15.3. The lowest BCUT2D eigenvalue weighted by Crippen LogP contribution is -2.35. The molecule has 0 spiro atoms. The third kappa shape index (κ3) is 3.37. The third-order valence-corrected chi connectivity index (χ3v) is 6.67. The Bertz CT molecular complexity index is 928. The van der Waals surface area contributed by atoms with Crippen molar-refractivity contribution in [3.8, 4) is 0 Å². The summed E-state index contributed by atoms with van der Waals surface area (Å²) in [5.41, 5.74) is 1.39. The minimum absolute atomic E-state index is 0.0504. The second-order valence-electron chi connectivity index (χ2n) is 5.87. The Labute approximate surface area is 154 Å². The van der Waals surface area contributed by atoms with Gasteiger partial charge in [-0.2, -0.15) is 10.1 Å². The molecule has 0 aliphatic carbocycles. The highest BCUT2D eigenvalue weighted by Gasteiger charge is 2.33. The van der Waals surface area contributed by atoms with Gasteiger partial charge in [-0.15, -0.1) is 11.8 Å². The van der Waals surface area contributed by atoms with Gasteiger partial charge < -0.3 is 0 Å². The van der Waals surface area contributed by atoms with E-state index in [1.807, 2.05) is 40.7 Å². The molecular weight excluding hydrogens is 350 g/mol. The first-order valence-corrected chi connectivity index (χ1v) is 9.96. The van der Waals surface area contributed by atoms with E-state index < -0.39 is 0 Å². The Hall–Kier alpha value is -2.05. The molecule has 2 aromatic carbocycles. The minimum atomic E-state index is -0.236. The van der Waals surface area contributed by atoms with Crippen LogP contribution in [0, 0.1) is 6.92 Å². The van der Waals surface area contributed by atoms with Gasteiger partial charge in [-0.25, -0.2) is 4.68 Å². The smallest absolute Gasteiger partial charge is 0.265 e. The maximum absolute atomic E-state index is 11.9. The average Bonchev–Trinajstić information content (AvgIpc) is 2.64. The number of rotatable bonds is 3. The van der Waals surface area contributed by atoms with Gasteiger partial charge in [0.15, 0.2) is 5.16 Å². The third-order valence-electron chi connectivity index (χ3n) is 4.12. The lowest BCUT2D eigenvalue weighted by molar-refractivity contribution is 0.431. The molecule has 3 aromatic rings. The minimum Gasteiger partial charge on any atom is -0.265 e. The molecule has 2 heterocycles. The lowest BCUT2D eigenvalue weighted by atomic mass is 10.0. The van der Waals surface area contributed by atoms with Gasteiger partial charge in [-0.05, 0) is 24.6 Å². The fraction of sp³-hybridized carbons (Fsp3) is 0.211. The second-order valence-corrected chi connectivity index (χ2v) is 8.17. The summed E-state index contributed by atoms with van der Waals surface area (Å²) in [5.74, 6) is 0.885. The van der Waals surface area contributed by atoms with Crippen molar-refractivity contribution in [3.05, 3.63) is 82.3 Å². The van der Waals surface area contributed by atoms with Crippen LogP contribution >= 0.6 is 23.5 Å². The number of hydrogen-bond donors (Lipinski definition) is 0. The summed E-state index contributed by atoms with van der Waals surface area (Å²) >= 11 is 3.46. The van der Waals surface area contributed by atoms with E-state index in [9.17, 15) is 4.79 Å². The fourth-order valence-electron chi connectivity index (χ4n) is 2.93. The molecule has 126 valence electrons. The van der Waals surface area contributed by atoms with Gasteiger partial charge in [0.25, 0.3) is 5.56 Å². The number of aryl methyl sites for hydroxylation is 1. The molecule has 0 N–H and O–H groups in total. The van der Waals surface area contributed by atoms with E-state index in [0.717, 1.165) is 5.75 Å². The second kappa shape index (κ2) is 7.06. The quantitative estimate of drug-likeness (QED) is 0.705. The van der Waals surface area contributed by atoms with Crippen molar-refractivity contribution in [2.75, 3.05) is 5.75 Å². The molecular formula is C19H17N3OS2. The predicted octanol–water partition coefficient (Wildman–Crippen LogP) is 3.80. The van der Waals surface area contributed by atoms with E-state index >= 15 is 0 Å². The molecule has 4 nitrogen and oxygen atoms in total. The Kier molecular flexibility index (Phi) is 4.63. The normalized spacial score (nSPS) is 19.4. The van der Waals surface area contributed by atoms with Crippen LogP contribution in [0.4, 0.5) is 0 Å². The van der Waals surface area contributed by atoms with Gasteiger partial charge in [0.05, 0.1) is 6.04 Å². The number of hydrogen-bond acceptors (Lipinski definition) is 5. The maximum atomic E-state index is 11.9. The summed E-state index contributed by atoms with van der Waals surface area (Å²) in [4.78, 5) is 17.4. The zero-order valence-electron chi connectivity index (χ0n) is 13.7. The first-order chi connectivity index (χ1) is 12.2. The first kappa shape index (κ1) is 16.4. The van der Waals surface area contributed by atoms with Crippen LogP contribution in [0.1, 0.15) is 17.3 Å². The van der Waals surface area contributed by atoms with Crippen LogP contribution in [0.25, 0.3) is 0 Å². The molecule has 0 saturated carbocycles. The number of fused-ring (bicyclic) bond motifs is 1. The number of nitrogens with zero attached hydrogens (tertiary/aromatic N) is 3. The summed E-state index contributed by atoms with van der Waals surface area (Å²) in [7, 11) is 0. The van der Waals surface area contributed by atoms with Crippen molar-refractivity contribution in [2.45, 2.75) is 28.3 Å². The number of benzene rings is 2. The van der Waals surface area contributed by atoms with Crippen LogP contribution in [0.5, 0.6) is 0 Å². The Morgan fingerprint density at radius 3 is 2.48 bits per heavy atom. The van der Waals surface area contributed by atoms with Crippen molar-refractivity contribution in [2.24, 2.45) is 0 Å². The molecule has 0 saturated heterocycles. The van der Waals surface area contributed by atoms with E-state index in [1.165, 1.54) is 10.5 Å². The number of thioether (sulfide) groups is 2. The van der Waals surface area contributed by atoms with Crippen LogP contribution in [0.3, 0.4) is 0 Å². The van der Waals surface area contributed by atoms with E-state index in [1.54, 1.807) is 18.7 Å². The fourth-order valence-corrected chi connectivity index (χ4v) is 5.40. The SMILES string of the molecule is Cc1nn2c(nc1=O)SC[C@H](Sc1ccccc1)[C@@H]2c1ccccc1.